The topological polar surface area (TPSA) is 53.8 Å². The van der Waals surface area contributed by atoms with Crippen molar-refractivity contribution in [2.75, 3.05) is 0 Å². The van der Waals surface area contributed by atoms with Crippen molar-refractivity contribution in [1.82, 2.24) is 14.8 Å². The molecule has 3 rings (SSSR count). The molecule has 10 heteroatoms. The second kappa shape index (κ2) is 8.36. The molecule has 30 heavy (non-hydrogen) atoms. The predicted molar refractivity (Wildman–Crippen MR) is 111 cm³/mol. The summed E-state index contributed by atoms with van der Waals surface area (Å²) in [7, 11) is 0. The van der Waals surface area contributed by atoms with Crippen LogP contribution in [0.25, 0.3) is 22.4 Å². The summed E-state index contributed by atoms with van der Waals surface area (Å²) in [5.74, 6) is -0.577. The molecule has 2 heterocycles. The molecule has 1 aromatic carbocycles. The van der Waals surface area contributed by atoms with Crippen LogP contribution >= 0.6 is 27.5 Å². The van der Waals surface area contributed by atoms with Crippen LogP contribution in [0.15, 0.2) is 30.6 Å². The average Bonchev–Trinajstić information content (AvgIpc) is 3.22. The van der Waals surface area contributed by atoms with Gasteiger partial charge in [-0.15, -0.1) is 0 Å². The summed E-state index contributed by atoms with van der Waals surface area (Å²) >= 11 is 9.44. The van der Waals surface area contributed by atoms with E-state index in [-0.39, 0.29) is 40.1 Å². The van der Waals surface area contributed by atoms with Crippen LogP contribution in [0.5, 0.6) is 0 Å². The Morgan fingerprint density at radius 2 is 1.93 bits per heavy atom. The smallest absolute Gasteiger partial charge is 0.390 e. The van der Waals surface area contributed by atoms with Crippen molar-refractivity contribution < 1.29 is 22.7 Å². The van der Waals surface area contributed by atoms with Gasteiger partial charge in [-0.05, 0) is 38.0 Å². The largest absolute Gasteiger partial charge is 0.433 e. The molecular formula is C20H19BrClF4N3O. The molecule has 0 atom stereocenters. The number of aryl methyl sites for hydroxylation is 1. The SMILES string of the molecule is CC(C)(O)CCn1ncc(-c2[nH]cc(-c3c(F)cccc3Cl)c2CBr)c1C(F)(F)F. The first-order valence-corrected chi connectivity index (χ1v) is 10.5. The zero-order valence-electron chi connectivity index (χ0n) is 16.1. The Labute approximate surface area is 184 Å². The summed E-state index contributed by atoms with van der Waals surface area (Å²) in [6.07, 6.45) is -2.04. The number of hydrogen-bond donors (Lipinski definition) is 2. The van der Waals surface area contributed by atoms with E-state index in [0.717, 1.165) is 10.9 Å². The highest BCUT2D eigenvalue weighted by atomic mass is 79.9. The van der Waals surface area contributed by atoms with E-state index in [2.05, 4.69) is 26.0 Å². The zero-order chi connectivity index (χ0) is 22.3. The fourth-order valence-corrected chi connectivity index (χ4v) is 4.07. The summed E-state index contributed by atoms with van der Waals surface area (Å²) in [6, 6.07) is 4.21. The van der Waals surface area contributed by atoms with Crippen molar-refractivity contribution >= 4 is 27.5 Å². The number of alkyl halides is 4. The van der Waals surface area contributed by atoms with Crippen LogP contribution in [0.4, 0.5) is 17.6 Å². The van der Waals surface area contributed by atoms with Crippen LogP contribution in [-0.2, 0) is 18.1 Å². The lowest BCUT2D eigenvalue weighted by Gasteiger charge is -2.19. The highest BCUT2D eigenvalue weighted by Gasteiger charge is 2.39. The minimum Gasteiger partial charge on any atom is -0.390 e. The number of aromatic amines is 1. The minimum atomic E-state index is -4.68. The van der Waals surface area contributed by atoms with Gasteiger partial charge in [0.1, 0.15) is 5.82 Å². The monoisotopic (exact) mass is 507 g/mol. The van der Waals surface area contributed by atoms with Crippen molar-refractivity contribution in [3.63, 3.8) is 0 Å². The second-order valence-corrected chi connectivity index (χ2v) is 8.44. The molecule has 0 amide bonds. The molecular weight excluding hydrogens is 490 g/mol. The maximum absolute atomic E-state index is 14.4. The normalized spacial score (nSPS) is 12.6. The Morgan fingerprint density at radius 3 is 2.50 bits per heavy atom. The summed E-state index contributed by atoms with van der Waals surface area (Å²) in [5.41, 5.74) is -1.18. The predicted octanol–water partition coefficient (Wildman–Crippen LogP) is 6.41. The van der Waals surface area contributed by atoms with E-state index >= 15 is 0 Å². The third-order valence-corrected chi connectivity index (χ3v) is 5.54. The van der Waals surface area contributed by atoms with Gasteiger partial charge in [-0.25, -0.2) is 4.39 Å². The zero-order valence-corrected chi connectivity index (χ0v) is 18.5. The molecule has 0 aliphatic heterocycles. The van der Waals surface area contributed by atoms with Gasteiger partial charge in [0.15, 0.2) is 5.69 Å². The number of aliphatic hydroxyl groups is 1. The molecule has 4 nitrogen and oxygen atoms in total. The summed E-state index contributed by atoms with van der Waals surface area (Å²) in [4.78, 5) is 2.83. The number of benzene rings is 1. The van der Waals surface area contributed by atoms with Crippen molar-refractivity contribution in [3.05, 3.63) is 52.7 Å². The number of hydrogen-bond acceptors (Lipinski definition) is 2. The van der Waals surface area contributed by atoms with Gasteiger partial charge in [-0.1, -0.05) is 33.6 Å². The van der Waals surface area contributed by atoms with Gasteiger partial charge < -0.3 is 10.1 Å². The molecule has 162 valence electrons. The van der Waals surface area contributed by atoms with Gasteiger partial charge in [0.2, 0.25) is 0 Å². The van der Waals surface area contributed by atoms with Gasteiger partial charge in [0, 0.05) is 34.8 Å². The van der Waals surface area contributed by atoms with Crippen LogP contribution in [0, 0.1) is 5.82 Å². The maximum Gasteiger partial charge on any atom is 0.433 e. The molecule has 0 saturated heterocycles. The van der Waals surface area contributed by atoms with Crippen molar-refractivity contribution in [1.29, 1.82) is 0 Å². The highest BCUT2D eigenvalue weighted by Crippen LogP contribution is 2.42. The molecule has 2 aromatic heterocycles. The molecule has 0 bridgehead atoms. The van der Waals surface area contributed by atoms with Gasteiger partial charge in [0.25, 0.3) is 0 Å². The first-order valence-electron chi connectivity index (χ1n) is 9.00. The summed E-state index contributed by atoms with van der Waals surface area (Å²) in [6.45, 7) is 2.92. The summed E-state index contributed by atoms with van der Waals surface area (Å²) in [5, 5.41) is 14.1. The number of aromatic nitrogens is 3. The highest BCUT2D eigenvalue weighted by molar-refractivity contribution is 9.08. The first kappa shape index (κ1) is 22.8. The first-order chi connectivity index (χ1) is 13.9. The lowest BCUT2D eigenvalue weighted by atomic mass is 10.0. The molecule has 0 radical (unpaired) electrons. The van der Waals surface area contributed by atoms with Crippen LogP contribution in [-0.4, -0.2) is 25.5 Å². The Hall–Kier alpha value is -1.84. The maximum atomic E-state index is 14.4. The van der Waals surface area contributed by atoms with Crippen LogP contribution in [0.2, 0.25) is 5.02 Å². The van der Waals surface area contributed by atoms with E-state index < -0.39 is 23.3 Å². The fraction of sp³-hybridized carbons (Fsp3) is 0.350. The number of halogens is 6. The molecule has 3 aromatic rings. The van der Waals surface area contributed by atoms with E-state index in [1.807, 2.05) is 0 Å². The summed E-state index contributed by atoms with van der Waals surface area (Å²) < 4.78 is 57.0. The third-order valence-electron chi connectivity index (χ3n) is 4.67. The van der Waals surface area contributed by atoms with E-state index in [1.54, 1.807) is 0 Å². The van der Waals surface area contributed by atoms with Gasteiger partial charge in [0.05, 0.1) is 22.5 Å². The Balaban J connectivity index is 2.15. The van der Waals surface area contributed by atoms with Crippen molar-refractivity contribution in [2.24, 2.45) is 0 Å². The fourth-order valence-electron chi connectivity index (χ4n) is 3.23. The lowest BCUT2D eigenvalue weighted by Crippen LogP contribution is -2.24. The number of rotatable bonds is 6. The molecule has 0 aliphatic carbocycles. The van der Waals surface area contributed by atoms with Gasteiger partial charge in [-0.2, -0.15) is 18.3 Å². The Morgan fingerprint density at radius 1 is 1.23 bits per heavy atom. The van der Waals surface area contributed by atoms with Crippen LogP contribution in [0.3, 0.4) is 0 Å². The number of nitrogens with one attached hydrogen (secondary N) is 1. The van der Waals surface area contributed by atoms with Crippen LogP contribution in [0.1, 0.15) is 31.5 Å². The average molecular weight is 509 g/mol. The second-order valence-electron chi connectivity index (χ2n) is 7.48. The van der Waals surface area contributed by atoms with Crippen molar-refractivity contribution in [2.45, 2.75) is 43.9 Å². The lowest BCUT2D eigenvalue weighted by molar-refractivity contribution is -0.144. The molecule has 0 fully saturated rings. The third kappa shape index (κ3) is 4.58. The molecule has 2 N–H and O–H groups in total. The van der Waals surface area contributed by atoms with E-state index in [9.17, 15) is 22.7 Å². The van der Waals surface area contributed by atoms with Gasteiger partial charge >= 0.3 is 6.18 Å². The van der Waals surface area contributed by atoms with E-state index in [1.165, 1.54) is 38.2 Å². The van der Waals surface area contributed by atoms with E-state index in [4.69, 9.17) is 11.6 Å². The standard InChI is InChI=1S/C20H19BrClF4N3O/c1-19(2,30)6-7-29-18(20(24,25)26)13(10-28-29)17-11(8-21)12(9-27-17)16-14(22)4-3-5-15(16)23/h3-5,9-10,27,30H,6-8H2,1-2H3. The molecule has 0 unspecified atom stereocenters. The molecule has 0 aliphatic rings. The van der Waals surface area contributed by atoms with E-state index in [0.29, 0.717) is 11.1 Å². The van der Waals surface area contributed by atoms with Crippen LogP contribution < -0.4 is 0 Å². The Kier molecular flexibility index (Phi) is 6.36. The quantitative estimate of drug-likeness (QED) is 0.298. The van der Waals surface area contributed by atoms with Crippen molar-refractivity contribution in [3.8, 4) is 22.4 Å². The minimum absolute atomic E-state index is 0.0866. The number of nitrogens with zero attached hydrogens (tertiary/aromatic N) is 2. The van der Waals surface area contributed by atoms with Gasteiger partial charge in [-0.3, -0.25) is 4.68 Å². The molecule has 0 saturated carbocycles. The Bertz CT molecular complexity index is 1030. The number of H-pyrrole nitrogens is 1. The molecule has 0 spiro atoms.